The van der Waals surface area contributed by atoms with Gasteiger partial charge in [0.15, 0.2) is 0 Å². The number of nitrogens with one attached hydrogen (secondary N) is 1. The van der Waals surface area contributed by atoms with E-state index < -0.39 is 0 Å². The molecule has 1 aromatic heterocycles. The van der Waals surface area contributed by atoms with Gasteiger partial charge in [0.2, 0.25) is 0 Å². The van der Waals surface area contributed by atoms with Crippen molar-refractivity contribution in [3.63, 3.8) is 0 Å². The van der Waals surface area contributed by atoms with Crippen LogP contribution in [0.3, 0.4) is 0 Å². The predicted octanol–water partition coefficient (Wildman–Crippen LogP) is 3.88. The van der Waals surface area contributed by atoms with E-state index >= 15 is 0 Å². The lowest BCUT2D eigenvalue weighted by molar-refractivity contribution is 0.145. The van der Waals surface area contributed by atoms with Crippen LogP contribution in [0.2, 0.25) is 0 Å². The molecule has 0 saturated carbocycles. The molecule has 5 heteroatoms. The van der Waals surface area contributed by atoms with Gasteiger partial charge >= 0.3 is 0 Å². The fraction of sp³-hybridized carbons (Fsp3) is 0.286. The van der Waals surface area contributed by atoms with Gasteiger partial charge in [0.1, 0.15) is 17.4 Å². The minimum Gasteiger partial charge on any atom is -0.459 e. The highest BCUT2D eigenvalue weighted by atomic mass is 16.3. The summed E-state index contributed by atoms with van der Waals surface area (Å²) in [6.07, 6.45) is 1.27. The van der Waals surface area contributed by atoms with Crippen LogP contribution in [0.25, 0.3) is 11.0 Å². The number of furan rings is 1. The average Bonchev–Trinajstić information content (AvgIpc) is 3.10. The highest BCUT2D eigenvalue weighted by molar-refractivity contribution is 5.77. The molecule has 0 unspecified atom stereocenters. The lowest BCUT2D eigenvalue weighted by atomic mass is 10.0. The van der Waals surface area contributed by atoms with Crippen LogP contribution in [0.15, 0.2) is 52.9 Å². The molecule has 0 spiro atoms. The Labute approximate surface area is 152 Å². The quantitative estimate of drug-likeness (QED) is 0.749. The molecule has 0 amide bonds. The molecule has 0 radical (unpaired) electrons. The second kappa shape index (κ2) is 7.11. The van der Waals surface area contributed by atoms with E-state index in [1.54, 1.807) is 0 Å². The van der Waals surface area contributed by atoms with Gasteiger partial charge < -0.3 is 19.7 Å². The Morgan fingerprint density at radius 2 is 1.96 bits per heavy atom. The Kier molecular flexibility index (Phi) is 4.51. The largest absolute Gasteiger partial charge is 0.459 e. The van der Waals surface area contributed by atoms with Gasteiger partial charge in [-0.2, -0.15) is 5.26 Å². The maximum atomic E-state index is 9.66. The minimum absolute atomic E-state index is 0.221. The van der Waals surface area contributed by atoms with Crippen molar-refractivity contribution in [1.29, 1.82) is 5.26 Å². The number of rotatable bonds is 4. The fourth-order valence-electron chi connectivity index (χ4n) is 3.43. The zero-order chi connectivity index (χ0) is 17.9. The summed E-state index contributed by atoms with van der Waals surface area (Å²) in [7, 11) is 0. The van der Waals surface area contributed by atoms with Crippen molar-refractivity contribution in [3.8, 4) is 6.07 Å². The van der Waals surface area contributed by atoms with Crippen molar-refractivity contribution in [2.75, 3.05) is 23.3 Å². The van der Waals surface area contributed by atoms with E-state index in [0.29, 0.717) is 12.1 Å². The monoisotopic (exact) mass is 347 g/mol. The Bertz CT molecular complexity index is 916. The molecule has 1 fully saturated rings. The topological polar surface area (TPSA) is 72.4 Å². The van der Waals surface area contributed by atoms with E-state index in [1.807, 2.05) is 48.5 Å². The maximum Gasteiger partial charge on any atom is 0.134 e. The molecule has 0 atom stereocenters. The van der Waals surface area contributed by atoms with Crippen LogP contribution in [-0.4, -0.2) is 24.3 Å². The number of nitrogens with zero attached hydrogens (tertiary/aromatic N) is 2. The molecular formula is C21H21N3O2. The summed E-state index contributed by atoms with van der Waals surface area (Å²) in [6.45, 7) is 2.12. The summed E-state index contributed by atoms with van der Waals surface area (Å²) in [4.78, 5) is 2.17. The molecule has 2 N–H and O–H groups in total. The summed E-state index contributed by atoms with van der Waals surface area (Å²) in [5, 5.41) is 23.6. The van der Waals surface area contributed by atoms with E-state index in [4.69, 9.17) is 4.42 Å². The second-order valence-electron chi connectivity index (χ2n) is 6.67. The van der Waals surface area contributed by atoms with Crippen molar-refractivity contribution in [2.45, 2.75) is 25.5 Å². The van der Waals surface area contributed by atoms with Crippen LogP contribution < -0.4 is 10.2 Å². The summed E-state index contributed by atoms with van der Waals surface area (Å²) in [5.74, 6) is 0.860. The zero-order valence-electron chi connectivity index (χ0n) is 14.5. The molecule has 2 heterocycles. The molecule has 0 aliphatic carbocycles. The fourth-order valence-corrected chi connectivity index (χ4v) is 3.43. The zero-order valence-corrected chi connectivity index (χ0v) is 14.5. The lowest BCUT2D eigenvalue weighted by Gasteiger charge is -2.32. The van der Waals surface area contributed by atoms with Crippen molar-refractivity contribution in [2.24, 2.45) is 0 Å². The number of piperidine rings is 1. The molecule has 5 nitrogen and oxygen atoms in total. The predicted molar refractivity (Wildman–Crippen MR) is 102 cm³/mol. The van der Waals surface area contributed by atoms with Gasteiger partial charge in [-0.3, -0.25) is 0 Å². The number of hydrogen-bond donors (Lipinski definition) is 2. The van der Waals surface area contributed by atoms with Crippen LogP contribution >= 0.6 is 0 Å². The summed E-state index contributed by atoms with van der Waals surface area (Å²) >= 11 is 0. The third kappa shape index (κ3) is 3.37. The van der Waals surface area contributed by atoms with Gasteiger partial charge in [0.05, 0.1) is 23.9 Å². The number of aliphatic hydroxyl groups excluding tert-OH is 1. The normalized spacial score (nSPS) is 15.2. The van der Waals surface area contributed by atoms with Gasteiger partial charge in [-0.25, -0.2) is 0 Å². The first-order valence-corrected chi connectivity index (χ1v) is 8.91. The molecule has 3 aromatic rings. The standard InChI is InChI=1S/C21H21N3O2/c22-13-16-11-17(5-6-20(16)24-9-7-18(25)8-10-24)23-14-19-12-15-3-1-2-4-21(15)26-19/h1-6,11-12,18,23,25H,7-10,14H2. The maximum absolute atomic E-state index is 9.66. The molecule has 1 aliphatic rings. The van der Waals surface area contributed by atoms with Gasteiger partial charge in [0, 0.05) is 24.2 Å². The van der Waals surface area contributed by atoms with Crippen LogP contribution in [0.4, 0.5) is 11.4 Å². The first-order chi connectivity index (χ1) is 12.7. The molecule has 2 aromatic carbocycles. The first-order valence-electron chi connectivity index (χ1n) is 8.91. The third-order valence-electron chi connectivity index (χ3n) is 4.87. The summed E-state index contributed by atoms with van der Waals surface area (Å²) < 4.78 is 5.82. The molecule has 0 bridgehead atoms. The van der Waals surface area contributed by atoms with E-state index in [1.165, 1.54) is 0 Å². The van der Waals surface area contributed by atoms with Crippen molar-refractivity contribution in [3.05, 3.63) is 59.9 Å². The van der Waals surface area contributed by atoms with E-state index in [0.717, 1.165) is 54.0 Å². The summed E-state index contributed by atoms with van der Waals surface area (Å²) in [6, 6.07) is 18.1. The van der Waals surface area contributed by atoms with Gasteiger partial charge in [-0.1, -0.05) is 18.2 Å². The van der Waals surface area contributed by atoms with Crippen LogP contribution in [0.5, 0.6) is 0 Å². The molecule has 132 valence electrons. The van der Waals surface area contributed by atoms with Crippen molar-refractivity contribution < 1.29 is 9.52 Å². The van der Waals surface area contributed by atoms with E-state index in [2.05, 4.69) is 16.3 Å². The number of para-hydroxylation sites is 1. The lowest BCUT2D eigenvalue weighted by Crippen LogP contribution is -2.36. The molecule has 1 saturated heterocycles. The highest BCUT2D eigenvalue weighted by Crippen LogP contribution is 2.27. The highest BCUT2D eigenvalue weighted by Gasteiger charge is 2.19. The second-order valence-corrected chi connectivity index (χ2v) is 6.67. The van der Waals surface area contributed by atoms with Gasteiger partial charge in [-0.05, 0) is 43.2 Å². The Morgan fingerprint density at radius 1 is 1.15 bits per heavy atom. The average molecular weight is 347 g/mol. The SMILES string of the molecule is N#Cc1cc(NCc2cc3ccccc3o2)ccc1N1CCC(O)CC1. The van der Waals surface area contributed by atoms with Crippen LogP contribution in [0.1, 0.15) is 24.2 Å². The van der Waals surface area contributed by atoms with Gasteiger partial charge in [0.25, 0.3) is 0 Å². The molecular weight excluding hydrogens is 326 g/mol. The molecule has 26 heavy (non-hydrogen) atoms. The number of anilines is 2. The van der Waals surface area contributed by atoms with Crippen LogP contribution in [0, 0.1) is 11.3 Å². The first kappa shape index (κ1) is 16.5. The number of nitriles is 1. The Morgan fingerprint density at radius 3 is 2.73 bits per heavy atom. The number of fused-ring (bicyclic) bond motifs is 1. The number of hydrogen-bond acceptors (Lipinski definition) is 5. The van der Waals surface area contributed by atoms with Crippen molar-refractivity contribution >= 4 is 22.3 Å². The van der Waals surface area contributed by atoms with Crippen LogP contribution in [-0.2, 0) is 6.54 Å². The Hall–Kier alpha value is -2.97. The number of benzene rings is 2. The summed E-state index contributed by atoms with van der Waals surface area (Å²) in [5.41, 5.74) is 3.36. The smallest absolute Gasteiger partial charge is 0.134 e. The van der Waals surface area contributed by atoms with Gasteiger partial charge in [-0.15, -0.1) is 0 Å². The third-order valence-corrected chi connectivity index (χ3v) is 4.87. The van der Waals surface area contributed by atoms with Crippen molar-refractivity contribution in [1.82, 2.24) is 0 Å². The Balaban J connectivity index is 1.48. The molecule has 4 rings (SSSR count). The molecule has 1 aliphatic heterocycles. The number of aliphatic hydroxyl groups is 1. The van der Waals surface area contributed by atoms with E-state index in [-0.39, 0.29) is 6.10 Å². The van der Waals surface area contributed by atoms with E-state index in [9.17, 15) is 10.4 Å². The minimum atomic E-state index is -0.221.